The molecule has 32 heavy (non-hydrogen) atoms. The van der Waals surface area contributed by atoms with Crippen LogP contribution in [0.4, 0.5) is 5.82 Å². The fraction of sp³-hybridized carbons (Fsp3) is 0.409. The summed E-state index contributed by atoms with van der Waals surface area (Å²) in [7, 11) is 0. The van der Waals surface area contributed by atoms with Gasteiger partial charge in [0.15, 0.2) is 11.6 Å². The maximum atomic E-state index is 12.7. The summed E-state index contributed by atoms with van der Waals surface area (Å²) < 4.78 is 5.68. The number of aryl methyl sites for hydroxylation is 1. The van der Waals surface area contributed by atoms with Crippen LogP contribution in [0.3, 0.4) is 0 Å². The van der Waals surface area contributed by atoms with E-state index in [2.05, 4.69) is 30.5 Å². The van der Waals surface area contributed by atoms with Gasteiger partial charge < -0.3 is 15.1 Å². The van der Waals surface area contributed by atoms with E-state index < -0.39 is 0 Å². The molecule has 0 aliphatic carbocycles. The molecule has 0 unspecified atom stereocenters. The van der Waals surface area contributed by atoms with E-state index in [0.717, 1.165) is 36.7 Å². The molecule has 4 rings (SSSR count). The van der Waals surface area contributed by atoms with E-state index in [9.17, 15) is 9.59 Å². The van der Waals surface area contributed by atoms with Crippen molar-refractivity contribution < 1.29 is 14.0 Å². The number of piperidine rings is 1. The zero-order chi connectivity index (χ0) is 22.5. The van der Waals surface area contributed by atoms with Gasteiger partial charge in [0.1, 0.15) is 22.3 Å². The molecular formula is C22H26N6O3S. The molecule has 0 radical (unpaired) electrons. The van der Waals surface area contributed by atoms with Gasteiger partial charge in [-0.05, 0) is 31.9 Å². The highest BCUT2D eigenvalue weighted by Crippen LogP contribution is 2.26. The van der Waals surface area contributed by atoms with E-state index in [1.54, 1.807) is 12.3 Å². The molecule has 2 N–H and O–H groups in total. The van der Waals surface area contributed by atoms with Crippen molar-refractivity contribution in [3.8, 4) is 22.3 Å². The molecule has 0 spiro atoms. The van der Waals surface area contributed by atoms with Gasteiger partial charge in [-0.3, -0.25) is 14.5 Å². The quantitative estimate of drug-likeness (QED) is 0.564. The third kappa shape index (κ3) is 5.57. The van der Waals surface area contributed by atoms with E-state index in [1.807, 2.05) is 31.4 Å². The van der Waals surface area contributed by atoms with Gasteiger partial charge in [0.05, 0.1) is 6.54 Å². The second kappa shape index (κ2) is 10.0. The summed E-state index contributed by atoms with van der Waals surface area (Å²) in [5.41, 5.74) is 0.627. The van der Waals surface area contributed by atoms with Gasteiger partial charge in [-0.2, -0.15) is 0 Å². The summed E-state index contributed by atoms with van der Waals surface area (Å²) >= 11 is 1.46. The molecule has 0 atom stereocenters. The first kappa shape index (κ1) is 22.1. The second-order valence-electron chi connectivity index (χ2n) is 7.73. The number of rotatable bonds is 7. The van der Waals surface area contributed by atoms with Crippen molar-refractivity contribution in [1.82, 2.24) is 25.2 Å². The maximum Gasteiger partial charge on any atom is 0.239 e. The number of aromatic nitrogens is 3. The van der Waals surface area contributed by atoms with Crippen LogP contribution in [0.25, 0.3) is 22.3 Å². The fourth-order valence-electron chi connectivity index (χ4n) is 3.59. The maximum absolute atomic E-state index is 12.7. The van der Waals surface area contributed by atoms with E-state index in [0.29, 0.717) is 29.5 Å². The zero-order valence-electron chi connectivity index (χ0n) is 18.1. The predicted molar refractivity (Wildman–Crippen MR) is 122 cm³/mol. The van der Waals surface area contributed by atoms with Gasteiger partial charge in [-0.1, -0.05) is 6.92 Å². The number of carbonyl (C=O) groups is 2. The Labute approximate surface area is 190 Å². The minimum absolute atomic E-state index is 0.0727. The van der Waals surface area contributed by atoms with Crippen LogP contribution in [0.15, 0.2) is 34.2 Å². The van der Waals surface area contributed by atoms with Gasteiger partial charge in [0, 0.05) is 43.2 Å². The third-order valence-corrected chi connectivity index (χ3v) is 6.04. The first-order valence-corrected chi connectivity index (χ1v) is 11.6. The molecule has 3 aromatic rings. The minimum Gasteiger partial charge on any atom is -0.458 e. The number of carbonyl (C=O) groups excluding carboxylic acids is 2. The van der Waals surface area contributed by atoms with E-state index in [1.165, 1.54) is 11.3 Å². The van der Waals surface area contributed by atoms with Crippen LogP contribution < -0.4 is 10.6 Å². The number of likely N-dealkylation sites (tertiary alicyclic amines) is 1. The normalized spacial score (nSPS) is 14.9. The number of nitrogens with one attached hydrogen (secondary N) is 2. The number of nitrogens with zero attached hydrogens (tertiary/aromatic N) is 4. The molecule has 2 amide bonds. The van der Waals surface area contributed by atoms with Crippen molar-refractivity contribution in [3.63, 3.8) is 0 Å². The lowest BCUT2D eigenvalue weighted by Gasteiger charge is -2.31. The number of anilines is 1. The summed E-state index contributed by atoms with van der Waals surface area (Å²) in [5.74, 6) is 2.02. The molecule has 1 aliphatic rings. The molecule has 1 saturated heterocycles. The summed E-state index contributed by atoms with van der Waals surface area (Å²) in [6.45, 7) is 5.48. The van der Waals surface area contributed by atoms with E-state index >= 15 is 0 Å². The highest BCUT2D eigenvalue weighted by Gasteiger charge is 2.22. The lowest BCUT2D eigenvalue weighted by atomic mass is 10.0. The first-order chi connectivity index (χ1) is 15.5. The molecule has 0 saturated carbocycles. The molecule has 1 aliphatic heterocycles. The van der Waals surface area contributed by atoms with Crippen LogP contribution >= 0.6 is 11.3 Å². The largest absolute Gasteiger partial charge is 0.458 e. The van der Waals surface area contributed by atoms with Crippen LogP contribution in [0.5, 0.6) is 0 Å². The molecule has 10 heteroatoms. The number of furan rings is 1. The summed E-state index contributed by atoms with van der Waals surface area (Å²) in [4.78, 5) is 39.8. The van der Waals surface area contributed by atoms with Gasteiger partial charge >= 0.3 is 0 Å². The Kier molecular flexibility index (Phi) is 6.91. The Bertz CT molecular complexity index is 1070. The number of hydrogen-bond donors (Lipinski definition) is 2. The number of amides is 2. The average molecular weight is 455 g/mol. The highest BCUT2D eigenvalue weighted by molar-refractivity contribution is 7.13. The molecule has 168 valence electrons. The number of hydrogen-bond acceptors (Lipinski definition) is 8. The Hall–Kier alpha value is -3.11. The Morgan fingerprint density at radius 2 is 2.03 bits per heavy atom. The lowest BCUT2D eigenvalue weighted by Crippen LogP contribution is -2.46. The van der Waals surface area contributed by atoms with Gasteiger partial charge in [0.2, 0.25) is 11.8 Å². The van der Waals surface area contributed by atoms with Gasteiger partial charge in [-0.15, -0.1) is 11.3 Å². The van der Waals surface area contributed by atoms with Crippen LogP contribution in [0.1, 0.15) is 31.9 Å². The van der Waals surface area contributed by atoms with Crippen LogP contribution in [0, 0.1) is 6.92 Å². The summed E-state index contributed by atoms with van der Waals surface area (Å²) in [6.07, 6.45) is 3.87. The Morgan fingerprint density at radius 1 is 1.22 bits per heavy atom. The van der Waals surface area contributed by atoms with Gasteiger partial charge in [0.25, 0.3) is 0 Å². The number of thiazole rings is 1. The highest BCUT2D eigenvalue weighted by atomic mass is 32.1. The molecular weight excluding hydrogens is 428 g/mol. The molecule has 4 heterocycles. The summed E-state index contributed by atoms with van der Waals surface area (Å²) in [6, 6.07) is 5.56. The lowest BCUT2D eigenvalue weighted by molar-refractivity contribution is -0.122. The summed E-state index contributed by atoms with van der Waals surface area (Å²) in [5, 5.41) is 8.54. The van der Waals surface area contributed by atoms with Crippen molar-refractivity contribution >= 4 is 29.0 Å². The second-order valence-corrected chi connectivity index (χ2v) is 8.62. The van der Waals surface area contributed by atoms with Gasteiger partial charge in [-0.25, -0.2) is 15.0 Å². The van der Waals surface area contributed by atoms with Crippen molar-refractivity contribution in [2.45, 2.75) is 39.2 Å². The first-order valence-electron chi connectivity index (χ1n) is 10.7. The molecule has 3 aromatic heterocycles. The molecule has 1 fully saturated rings. The van der Waals surface area contributed by atoms with Crippen molar-refractivity contribution in [1.29, 1.82) is 0 Å². The molecule has 0 aromatic carbocycles. The monoisotopic (exact) mass is 454 g/mol. The van der Waals surface area contributed by atoms with E-state index in [-0.39, 0.29) is 24.4 Å². The topological polar surface area (TPSA) is 113 Å². The smallest absolute Gasteiger partial charge is 0.239 e. The fourth-order valence-corrected chi connectivity index (χ4v) is 4.18. The van der Waals surface area contributed by atoms with Crippen LogP contribution in [-0.2, 0) is 9.59 Å². The standard InChI is InChI=1S/C22H26N6O3S/c1-3-19(29)24-15-6-9-28(10-7-15)13-20(30)26-18-12-16(22-23-8-11-32-22)25-21(27-18)17-5-4-14(2)31-17/h4-5,8,11-12,15H,3,6-7,9-10,13H2,1-2H3,(H,24,29)(H,25,26,27,30). The minimum atomic E-state index is -0.147. The molecule has 0 bridgehead atoms. The predicted octanol–water partition coefficient (Wildman–Crippen LogP) is 3.10. The Morgan fingerprint density at radius 3 is 2.69 bits per heavy atom. The van der Waals surface area contributed by atoms with E-state index in [4.69, 9.17) is 4.42 Å². The van der Waals surface area contributed by atoms with Crippen molar-refractivity contribution in [2.24, 2.45) is 0 Å². The van der Waals surface area contributed by atoms with Crippen LogP contribution in [0.2, 0.25) is 0 Å². The third-order valence-electron chi connectivity index (χ3n) is 5.25. The molecule has 9 nitrogen and oxygen atoms in total. The van der Waals surface area contributed by atoms with Crippen molar-refractivity contribution in [3.05, 3.63) is 35.5 Å². The van der Waals surface area contributed by atoms with Crippen LogP contribution in [-0.4, -0.2) is 57.3 Å². The van der Waals surface area contributed by atoms with Crippen molar-refractivity contribution in [2.75, 3.05) is 25.0 Å². The average Bonchev–Trinajstić information content (AvgIpc) is 3.47. The zero-order valence-corrected chi connectivity index (χ0v) is 18.9. The Balaban J connectivity index is 1.42. The SMILES string of the molecule is CCC(=O)NC1CCN(CC(=O)Nc2cc(-c3nccs3)nc(-c3ccc(C)o3)n2)CC1.